The first-order valence-corrected chi connectivity index (χ1v) is 6.35. The zero-order chi connectivity index (χ0) is 15.2. The third-order valence-electron chi connectivity index (χ3n) is 3.61. The maximum atomic E-state index is 12.5. The van der Waals surface area contributed by atoms with E-state index in [0.717, 1.165) is 17.8 Å². The van der Waals surface area contributed by atoms with Crippen molar-refractivity contribution < 1.29 is 23.1 Å². The number of benzene rings is 1. The van der Waals surface area contributed by atoms with Gasteiger partial charge in [0.05, 0.1) is 11.3 Å². The zero-order valence-electron chi connectivity index (χ0n) is 10.7. The summed E-state index contributed by atoms with van der Waals surface area (Å²) in [6.45, 7) is 0. The first-order chi connectivity index (χ1) is 9.86. The van der Waals surface area contributed by atoms with Gasteiger partial charge in [-0.2, -0.15) is 13.2 Å². The van der Waals surface area contributed by atoms with E-state index in [0.29, 0.717) is 29.9 Å². The highest BCUT2D eigenvalue weighted by atomic mass is 19.4. The van der Waals surface area contributed by atoms with Gasteiger partial charge in [0.1, 0.15) is 11.7 Å². The van der Waals surface area contributed by atoms with E-state index < -0.39 is 23.6 Å². The van der Waals surface area contributed by atoms with Gasteiger partial charge in [-0.05, 0) is 25.0 Å². The average Bonchev–Trinajstić information content (AvgIpc) is 2.96. The number of nitrogens with zero attached hydrogens (tertiary/aromatic N) is 1. The summed E-state index contributed by atoms with van der Waals surface area (Å²) in [6.07, 6.45) is -3.30. The van der Waals surface area contributed by atoms with Crippen molar-refractivity contribution in [1.82, 2.24) is 9.97 Å². The number of hydrogen-bond donors (Lipinski definition) is 2. The van der Waals surface area contributed by atoms with Crippen LogP contribution in [0.2, 0.25) is 0 Å². The largest absolute Gasteiger partial charge is 0.481 e. The highest BCUT2D eigenvalue weighted by Crippen LogP contribution is 2.34. The van der Waals surface area contributed by atoms with Crippen LogP contribution in [0.5, 0.6) is 0 Å². The first-order valence-electron chi connectivity index (χ1n) is 6.35. The van der Waals surface area contributed by atoms with Crippen molar-refractivity contribution in [3.05, 3.63) is 41.2 Å². The molecule has 2 N–H and O–H groups in total. The lowest BCUT2D eigenvalue weighted by Gasteiger charge is -2.06. The van der Waals surface area contributed by atoms with Gasteiger partial charge in [-0.1, -0.05) is 12.1 Å². The maximum absolute atomic E-state index is 12.5. The Hall–Kier alpha value is -2.31. The Morgan fingerprint density at radius 2 is 1.95 bits per heavy atom. The number of aliphatic carboxylic acids is 1. The normalized spacial score (nSPS) is 17.8. The second-order valence-corrected chi connectivity index (χ2v) is 4.95. The molecule has 1 aliphatic rings. The molecule has 1 aromatic heterocycles. The lowest BCUT2D eigenvalue weighted by atomic mass is 10.1. The molecular weight excluding hydrogens is 285 g/mol. The molecule has 1 unspecified atom stereocenters. The molecule has 3 rings (SSSR count). The molecule has 0 saturated heterocycles. The Kier molecular flexibility index (Phi) is 3.00. The third kappa shape index (κ3) is 2.39. The minimum absolute atomic E-state index is 0.402. The second kappa shape index (κ2) is 4.61. The fourth-order valence-electron chi connectivity index (χ4n) is 2.52. The van der Waals surface area contributed by atoms with Crippen molar-refractivity contribution in [3.8, 4) is 11.4 Å². The van der Waals surface area contributed by atoms with Crippen LogP contribution >= 0.6 is 0 Å². The van der Waals surface area contributed by atoms with Gasteiger partial charge in [0.2, 0.25) is 0 Å². The molecule has 0 spiro atoms. The molecule has 110 valence electrons. The predicted octanol–water partition coefficient (Wildman–Crippen LogP) is 3.21. The molecule has 7 heteroatoms. The molecular formula is C14H11F3N2O2. The summed E-state index contributed by atoms with van der Waals surface area (Å²) in [5.74, 6) is -1.17. The van der Waals surface area contributed by atoms with Crippen LogP contribution in [0.4, 0.5) is 13.2 Å². The Morgan fingerprint density at radius 3 is 2.52 bits per heavy atom. The number of imidazole rings is 1. The fraction of sp³-hybridized carbons (Fsp3) is 0.286. The Bertz CT molecular complexity index is 689. The van der Waals surface area contributed by atoms with E-state index in [1.54, 1.807) is 0 Å². The molecule has 21 heavy (non-hydrogen) atoms. The minimum atomic E-state index is -4.38. The Morgan fingerprint density at radius 1 is 1.29 bits per heavy atom. The van der Waals surface area contributed by atoms with E-state index in [1.165, 1.54) is 12.1 Å². The van der Waals surface area contributed by atoms with Gasteiger partial charge in [0.25, 0.3) is 0 Å². The smallest absolute Gasteiger partial charge is 0.416 e. The monoisotopic (exact) mass is 296 g/mol. The van der Waals surface area contributed by atoms with Crippen molar-refractivity contribution in [2.45, 2.75) is 24.9 Å². The van der Waals surface area contributed by atoms with Crippen molar-refractivity contribution in [1.29, 1.82) is 0 Å². The number of nitrogens with one attached hydrogen (secondary N) is 1. The van der Waals surface area contributed by atoms with Crippen LogP contribution in [0.3, 0.4) is 0 Å². The van der Waals surface area contributed by atoms with Crippen molar-refractivity contribution in [2.75, 3.05) is 0 Å². The van der Waals surface area contributed by atoms with Crippen LogP contribution in [0, 0.1) is 0 Å². The molecule has 1 atom stereocenters. The van der Waals surface area contributed by atoms with Crippen LogP contribution in [-0.2, 0) is 17.4 Å². The molecule has 1 heterocycles. The summed E-state index contributed by atoms with van der Waals surface area (Å²) in [5, 5.41) is 9.09. The number of aryl methyl sites for hydroxylation is 1. The number of rotatable bonds is 2. The number of H-pyrrole nitrogens is 1. The Labute approximate surface area is 117 Å². The standard InChI is InChI=1S/C14H11F3N2O2/c15-14(16,17)8-3-1-7(2-4-8)12-18-10-6-5-9(13(20)21)11(10)19-12/h1-4,9H,5-6H2,(H,18,19)(H,20,21). The van der Waals surface area contributed by atoms with Crippen LogP contribution in [0.15, 0.2) is 24.3 Å². The highest BCUT2D eigenvalue weighted by molar-refractivity contribution is 5.77. The maximum Gasteiger partial charge on any atom is 0.416 e. The fourth-order valence-corrected chi connectivity index (χ4v) is 2.52. The van der Waals surface area contributed by atoms with Crippen LogP contribution in [0.25, 0.3) is 11.4 Å². The van der Waals surface area contributed by atoms with E-state index in [9.17, 15) is 18.0 Å². The summed E-state index contributed by atoms with van der Waals surface area (Å²) in [5.41, 5.74) is 1.00. The van der Waals surface area contributed by atoms with Gasteiger partial charge in [-0.25, -0.2) is 4.98 Å². The van der Waals surface area contributed by atoms with E-state index in [4.69, 9.17) is 5.11 Å². The van der Waals surface area contributed by atoms with Crippen molar-refractivity contribution in [3.63, 3.8) is 0 Å². The van der Waals surface area contributed by atoms with Gasteiger partial charge in [0.15, 0.2) is 0 Å². The second-order valence-electron chi connectivity index (χ2n) is 4.95. The van der Waals surface area contributed by atoms with Gasteiger partial charge in [-0.15, -0.1) is 0 Å². The molecule has 2 aromatic rings. The van der Waals surface area contributed by atoms with Gasteiger partial charge in [0, 0.05) is 11.3 Å². The number of carboxylic acids is 1. The first kappa shape index (κ1) is 13.7. The number of aromatic amines is 1. The van der Waals surface area contributed by atoms with Gasteiger partial charge in [-0.3, -0.25) is 4.79 Å². The predicted molar refractivity (Wildman–Crippen MR) is 67.7 cm³/mol. The number of carbonyl (C=O) groups is 1. The molecule has 1 aliphatic carbocycles. The summed E-state index contributed by atoms with van der Waals surface area (Å²) >= 11 is 0. The van der Waals surface area contributed by atoms with E-state index in [1.807, 2.05) is 0 Å². The topological polar surface area (TPSA) is 66.0 Å². The minimum Gasteiger partial charge on any atom is -0.481 e. The number of halogens is 3. The molecule has 0 aliphatic heterocycles. The SMILES string of the molecule is O=C(O)C1CCc2[nH]c(-c3ccc(C(F)(F)F)cc3)nc21. The molecule has 0 amide bonds. The van der Waals surface area contributed by atoms with Gasteiger partial charge >= 0.3 is 12.1 Å². The van der Waals surface area contributed by atoms with E-state index in [2.05, 4.69) is 9.97 Å². The Balaban J connectivity index is 1.92. The lowest BCUT2D eigenvalue weighted by Crippen LogP contribution is -2.08. The van der Waals surface area contributed by atoms with Gasteiger partial charge < -0.3 is 10.1 Å². The molecule has 0 bridgehead atoms. The van der Waals surface area contributed by atoms with Crippen LogP contribution in [-0.4, -0.2) is 21.0 Å². The number of carboxylic acid groups (broad SMARTS) is 1. The molecule has 4 nitrogen and oxygen atoms in total. The molecule has 0 saturated carbocycles. The molecule has 1 aromatic carbocycles. The summed E-state index contributed by atoms with van der Waals surface area (Å²) in [4.78, 5) is 18.3. The van der Waals surface area contributed by atoms with E-state index in [-0.39, 0.29) is 0 Å². The number of alkyl halides is 3. The van der Waals surface area contributed by atoms with Crippen molar-refractivity contribution >= 4 is 5.97 Å². The molecule has 0 fully saturated rings. The highest BCUT2D eigenvalue weighted by Gasteiger charge is 2.33. The quantitative estimate of drug-likeness (QED) is 0.894. The van der Waals surface area contributed by atoms with Crippen LogP contribution in [0.1, 0.15) is 29.3 Å². The third-order valence-corrected chi connectivity index (χ3v) is 3.61. The summed E-state index contributed by atoms with van der Waals surface area (Å²) in [7, 11) is 0. The van der Waals surface area contributed by atoms with Crippen LogP contribution < -0.4 is 0 Å². The summed E-state index contributed by atoms with van der Waals surface area (Å²) < 4.78 is 37.5. The lowest BCUT2D eigenvalue weighted by molar-refractivity contribution is -0.139. The average molecular weight is 296 g/mol. The zero-order valence-corrected chi connectivity index (χ0v) is 10.7. The molecule has 0 radical (unpaired) electrons. The van der Waals surface area contributed by atoms with E-state index >= 15 is 0 Å². The number of fused-ring (bicyclic) bond motifs is 1. The number of hydrogen-bond acceptors (Lipinski definition) is 2. The van der Waals surface area contributed by atoms with Crippen molar-refractivity contribution in [2.24, 2.45) is 0 Å². The number of aromatic nitrogens is 2. The summed E-state index contributed by atoms with van der Waals surface area (Å²) in [6, 6.07) is 4.62.